The number of nitrogens with one attached hydrogen (secondary N) is 1. The summed E-state index contributed by atoms with van der Waals surface area (Å²) in [5.74, 6) is 4.97. The third-order valence-electron chi connectivity index (χ3n) is 3.74. The molecule has 0 radical (unpaired) electrons. The molecule has 0 aromatic carbocycles. The Morgan fingerprint density at radius 2 is 2.10 bits per heavy atom. The van der Waals surface area contributed by atoms with Gasteiger partial charge < -0.3 is 9.80 Å². The zero-order valence-electron chi connectivity index (χ0n) is 12.1. The number of nitrogen functional groups attached to an aromatic ring is 1. The molecule has 1 aliphatic rings. The van der Waals surface area contributed by atoms with Gasteiger partial charge in [-0.15, -0.1) is 0 Å². The molecule has 1 unspecified atom stereocenters. The molecule has 8 heteroatoms. The number of nitrogens with zero attached hydrogens (tertiary/aromatic N) is 4. The topological polar surface area (TPSA) is 70.3 Å². The van der Waals surface area contributed by atoms with Crippen LogP contribution in [0.25, 0.3) is 0 Å². The number of hydrogen-bond donors (Lipinski definition) is 2. The van der Waals surface area contributed by atoms with Gasteiger partial charge in [0, 0.05) is 19.1 Å². The van der Waals surface area contributed by atoms with Gasteiger partial charge in [0.15, 0.2) is 11.0 Å². The van der Waals surface area contributed by atoms with E-state index in [-0.39, 0.29) is 22.3 Å². The lowest BCUT2D eigenvalue weighted by Crippen LogP contribution is -2.39. The molecular formula is C12H20ClFN6. The molecule has 0 amide bonds. The lowest BCUT2D eigenvalue weighted by molar-refractivity contribution is 0.188. The molecule has 20 heavy (non-hydrogen) atoms. The molecule has 112 valence electrons. The number of rotatable bonds is 3. The van der Waals surface area contributed by atoms with E-state index >= 15 is 0 Å². The van der Waals surface area contributed by atoms with E-state index in [0.29, 0.717) is 19.1 Å². The van der Waals surface area contributed by atoms with E-state index in [1.807, 2.05) is 19.0 Å². The zero-order valence-corrected chi connectivity index (χ0v) is 12.9. The molecule has 6 nitrogen and oxygen atoms in total. The van der Waals surface area contributed by atoms with E-state index in [4.69, 9.17) is 17.4 Å². The third kappa shape index (κ3) is 2.65. The van der Waals surface area contributed by atoms with Gasteiger partial charge >= 0.3 is 0 Å². The average Bonchev–Trinajstić information content (AvgIpc) is 2.68. The van der Waals surface area contributed by atoms with Gasteiger partial charge in [0.25, 0.3) is 0 Å². The van der Waals surface area contributed by atoms with E-state index in [2.05, 4.69) is 34.1 Å². The second-order valence-electron chi connectivity index (χ2n) is 5.97. The maximum Gasteiger partial charge on any atom is 0.240 e. The Labute approximate surface area is 123 Å². The van der Waals surface area contributed by atoms with Crippen molar-refractivity contribution in [3.8, 4) is 0 Å². The van der Waals surface area contributed by atoms with E-state index in [0.717, 1.165) is 0 Å². The predicted octanol–water partition coefficient (Wildman–Crippen LogP) is 1.33. The van der Waals surface area contributed by atoms with Gasteiger partial charge in [0.05, 0.1) is 0 Å². The highest BCUT2D eigenvalue weighted by atomic mass is 35.5. The Morgan fingerprint density at radius 3 is 2.60 bits per heavy atom. The minimum absolute atomic E-state index is 0.0175. The summed E-state index contributed by atoms with van der Waals surface area (Å²) in [5, 5.41) is -0.228. The fourth-order valence-electron chi connectivity index (χ4n) is 2.82. The van der Waals surface area contributed by atoms with E-state index in [9.17, 15) is 4.39 Å². The number of hydrogen-bond acceptors (Lipinski definition) is 6. The molecule has 2 heterocycles. The maximum atomic E-state index is 14.2. The van der Waals surface area contributed by atoms with Crippen LogP contribution in [0.2, 0.25) is 5.15 Å². The first-order valence-electron chi connectivity index (χ1n) is 6.37. The molecule has 0 bridgehead atoms. The second kappa shape index (κ2) is 5.31. The molecule has 0 aliphatic carbocycles. The molecule has 1 aromatic heterocycles. The third-order valence-corrected chi connectivity index (χ3v) is 3.99. The molecule has 1 atom stereocenters. The molecule has 1 saturated heterocycles. The van der Waals surface area contributed by atoms with Crippen molar-refractivity contribution in [2.24, 2.45) is 11.3 Å². The van der Waals surface area contributed by atoms with Crippen molar-refractivity contribution in [2.45, 2.75) is 19.9 Å². The normalized spacial score (nSPS) is 21.6. The van der Waals surface area contributed by atoms with Crippen LogP contribution in [0.1, 0.15) is 13.8 Å². The van der Waals surface area contributed by atoms with Crippen molar-refractivity contribution in [3.63, 3.8) is 0 Å². The Bertz CT molecular complexity index is 507. The molecule has 3 N–H and O–H groups in total. The molecule has 2 rings (SSSR count). The summed E-state index contributed by atoms with van der Waals surface area (Å²) >= 11 is 5.79. The first-order chi connectivity index (χ1) is 9.26. The minimum Gasteiger partial charge on any atom is -0.352 e. The monoisotopic (exact) mass is 302 g/mol. The number of halogens is 2. The lowest BCUT2D eigenvalue weighted by atomic mass is 9.87. The fourth-order valence-corrected chi connectivity index (χ4v) is 2.99. The van der Waals surface area contributed by atoms with Crippen LogP contribution in [0.15, 0.2) is 0 Å². The summed E-state index contributed by atoms with van der Waals surface area (Å²) in [7, 11) is 4.04. The highest BCUT2D eigenvalue weighted by Gasteiger charge is 2.42. The zero-order chi connectivity index (χ0) is 15.1. The standard InChI is InChI=1S/C12H20ClFN6/c1-12(2)6-20(5-7(12)19(3)4)10-8(14)9(13)16-11(17-10)18-15/h7H,5-6,15H2,1-4H3,(H,16,17,18). The molecule has 0 saturated carbocycles. The number of likely N-dealkylation sites (N-methyl/N-ethyl adjacent to an activating group) is 1. The average molecular weight is 303 g/mol. The minimum atomic E-state index is -0.610. The molecule has 1 aromatic rings. The first-order valence-corrected chi connectivity index (χ1v) is 6.75. The van der Waals surface area contributed by atoms with Gasteiger partial charge in [-0.2, -0.15) is 14.4 Å². The summed E-state index contributed by atoms with van der Waals surface area (Å²) in [6, 6.07) is 0.296. The van der Waals surface area contributed by atoms with Gasteiger partial charge in [-0.1, -0.05) is 25.4 Å². The van der Waals surface area contributed by atoms with E-state index in [1.165, 1.54) is 0 Å². The SMILES string of the molecule is CN(C)C1CN(c2nc(NN)nc(Cl)c2F)CC1(C)C. The highest BCUT2D eigenvalue weighted by Crippen LogP contribution is 2.36. The number of hydrazine groups is 1. The lowest BCUT2D eigenvalue weighted by Gasteiger charge is -2.30. The van der Waals surface area contributed by atoms with Crippen molar-refractivity contribution < 1.29 is 4.39 Å². The van der Waals surface area contributed by atoms with Crippen LogP contribution in [0, 0.1) is 11.2 Å². The van der Waals surface area contributed by atoms with Crippen molar-refractivity contribution in [1.82, 2.24) is 14.9 Å². The summed E-state index contributed by atoms with van der Waals surface area (Å²) in [4.78, 5) is 11.8. The van der Waals surface area contributed by atoms with Crippen LogP contribution in [0.5, 0.6) is 0 Å². The van der Waals surface area contributed by atoms with Crippen LogP contribution in [0.4, 0.5) is 16.2 Å². The molecule has 1 fully saturated rings. The smallest absolute Gasteiger partial charge is 0.240 e. The maximum absolute atomic E-state index is 14.2. The molecular weight excluding hydrogens is 283 g/mol. The predicted molar refractivity (Wildman–Crippen MR) is 78.3 cm³/mol. The Kier molecular flexibility index (Phi) is 4.04. The number of nitrogens with two attached hydrogens (primary N) is 1. The summed E-state index contributed by atoms with van der Waals surface area (Å²) in [5.41, 5.74) is 2.32. The van der Waals surface area contributed by atoms with Gasteiger partial charge in [0.2, 0.25) is 11.8 Å². The van der Waals surface area contributed by atoms with Gasteiger partial charge in [-0.25, -0.2) is 5.84 Å². The summed E-state index contributed by atoms with van der Waals surface area (Å²) < 4.78 is 14.2. The Balaban J connectivity index is 2.36. The van der Waals surface area contributed by atoms with Crippen LogP contribution < -0.4 is 16.2 Å². The Morgan fingerprint density at radius 1 is 1.45 bits per heavy atom. The van der Waals surface area contributed by atoms with Crippen LogP contribution in [0.3, 0.4) is 0 Å². The van der Waals surface area contributed by atoms with Crippen LogP contribution >= 0.6 is 11.6 Å². The number of aromatic nitrogens is 2. The summed E-state index contributed by atoms with van der Waals surface area (Å²) in [6.45, 7) is 5.67. The first kappa shape index (κ1) is 15.2. The van der Waals surface area contributed by atoms with Crippen molar-refractivity contribution in [1.29, 1.82) is 0 Å². The van der Waals surface area contributed by atoms with Gasteiger partial charge in [-0.3, -0.25) is 5.43 Å². The molecule has 1 aliphatic heterocycles. The fraction of sp³-hybridized carbons (Fsp3) is 0.667. The highest BCUT2D eigenvalue weighted by molar-refractivity contribution is 6.29. The van der Waals surface area contributed by atoms with Crippen molar-refractivity contribution >= 4 is 23.4 Å². The van der Waals surface area contributed by atoms with E-state index in [1.54, 1.807) is 0 Å². The largest absolute Gasteiger partial charge is 0.352 e. The van der Waals surface area contributed by atoms with Crippen molar-refractivity contribution in [3.05, 3.63) is 11.0 Å². The van der Waals surface area contributed by atoms with Gasteiger partial charge in [-0.05, 0) is 19.5 Å². The Hall–Kier alpha value is -1.18. The molecule has 0 spiro atoms. The quantitative estimate of drug-likeness (QED) is 0.499. The van der Waals surface area contributed by atoms with Crippen LogP contribution in [-0.4, -0.2) is 48.1 Å². The second-order valence-corrected chi connectivity index (χ2v) is 6.33. The van der Waals surface area contributed by atoms with Crippen LogP contribution in [-0.2, 0) is 0 Å². The van der Waals surface area contributed by atoms with Gasteiger partial charge in [0.1, 0.15) is 0 Å². The van der Waals surface area contributed by atoms with Crippen molar-refractivity contribution in [2.75, 3.05) is 37.5 Å². The number of anilines is 2. The van der Waals surface area contributed by atoms with E-state index < -0.39 is 5.82 Å². The summed E-state index contributed by atoms with van der Waals surface area (Å²) in [6.07, 6.45) is 0.